The number of aliphatic hydroxyl groups excluding tert-OH is 2. The van der Waals surface area contributed by atoms with Gasteiger partial charge in [0.15, 0.2) is 5.78 Å². The predicted octanol–water partition coefficient (Wildman–Crippen LogP) is 0.150. The van der Waals surface area contributed by atoms with Crippen LogP contribution in [0.25, 0.3) is 0 Å². The Hall–Kier alpha value is -1.83. The van der Waals surface area contributed by atoms with E-state index in [2.05, 4.69) is 0 Å². The van der Waals surface area contributed by atoms with Gasteiger partial charge in [-0.2, -0.15) is 0 Å². The van der Waals surface area contributed by atoms with Crippen molar-refractivity contribution in [3.05, 3.63) is 39.4 Å². The zero-order valence-corrected chi connectivity index (χ0v) is 9.74. The van der Waals surface area contributed by atoms with E-state index in [1.165, 1.54) is 19.1 Å². The molecule has 98 valence electrons. The van der Waals surface area contributed by atoms with Gasteiger partial charge in [-0.3, -0.25) is 14.9 Å². The van der Waals surface area contributed by atoms with Crippen LogP contribution < -0.4 is 5.73 Å². The smallest absolute Gasteiger partial charge is 0.276 e. The highest BCUT2D eigenvalue weighted by Crippen LogP contribution is 2.28. The molecule has 0 saturated carbocycles. The van der Waals surface area contributed by atoms with Gasteiger partial charge >= 0.3 is 0 Å². The number of benzene rings is 1. The molecule has 7 nitrogen and oxygen atoms in total. The number of nitrogens with two attached hydrogens (primary N) is 1. The van der Waals surface area contributed by atoms with E-state index in [0.717, 1.165) is 6.07 Å². The summed E-state index contributed by atoms with van der Waals surface area (Å²) in [5, 5.41) is 30.0. The number of aliphatic hydroxyl groups is 2. The van der Waals surface area contributed by atoms with E-state index in [9.17, 15) is 25.1 Å². The third-order valence-corrected chi connectivity index (χ3v) is 2.56. The Labute approximate surface area is 103 Å². The summed E-state index contributed by atoms with van der Waals surface area (Å²) in [4.78, 5) is 21.3. The third-order valence-electron chi connectivity index (χ3n) is 2.56. The Kier molecular flexibility index (Phi) is 4.49. The van der Waals surface area contributed by atoms with Crippen LogP contribution in [0.1, 0.15) is 28.9 Å². The van der Waals surface area contributed by atoms with Crippen LogP contribution in [0.15, 0.2) is 18.2 Å². The molecule has 2 atom stereocenters. The van der Waals surface area contributed by atoms with Crippen molar-refractivity contribution in [2.45, 2.75) is 19.1 Å². The highest BCUT2D eigenvalue weighted by Gasteiger charge is 2.26. The van der Waals surface area contributed by atoms with Crippen molar-refractivity contribution in [3.8, 4) is 0 Å². The molecule has 0 aromatic heterocycles. The molecular weight excluding hydrogens is 240 g/mol. The minimum absolute atomic E-state index is 0.0667. The molecule has 0 aliphatic carbocycles. The molecule has 0 saturated heterocycles. The molecule has 0 amide bonds. The van der Waals surface area contributed by atoms with Crippen LogP contribution >= 0.6 is 0 Å². The summed E-state index contributed by atoms with van der Waals surface area (Å²) in [5.41, 5.74) is 4.87. The Morgan fingerprint density at radius 2 is 2.11 bits per heavy atom. The highest BCUT2D eigenvalue weighted by molar-refractivity contribution is 5.94. The van der Waals surface area contributed by atoms with Crippen molar-refractivity contribution >= 4 is 11.5 Å². The van der Waals surface area contributed by atoms with Crippen molar-refractivity contribution in [2.24, 2.45) is 5.73 Å². The molecule has 0 spiro atoms. The van der Waals surface area contributed by atoms with Crippen LogP contribution in [0.5, 0.6) is 0 Å². The van der Waals surface area contributed by atoms with E-state index in [1.54, 1.807) is 0 Å². The van der Waals surface area contributed by atoms with Crippen molar-refractivity contribution in [3.63, 3.8) is 0 Å². The summed E-state index contributed by atoms with van der Waals surface area (Å²) in [6.07, 6.45) is -2.76. The van der Waals surface area contributed by atoms with Gasteiger partial charge < -0.3 is 15.9 Å². The third kappa shape index (κ3) is 2.89. The molecule has 18 heavy (non-hydrogen) atoms. The summed E-state index contributed by atoms with van der Waals surface area (Å²) in [7, 11) is 0. The second kappa shape index (κ2) is 5.67. The average molecular weight is 254 g/mol. The van der Waals surface area contributed by atoms with Crippen LogP contribution in [0.4, 0.5) is 5.69 Å². The number of nitrogens with zero attached hydrogens (tertiary/aromatic N) is 1. The first-order valence-electron chi connectivity index (χ1n) is 5.24. The van der Waals surface area contributed by atoms with Crippen LogP contribution in [-0.2, 0) is 0 Å². The summed E-state index contributed by atoms with van der Waals surface area (Å²) in [6, 6.07) is 3.68. The van der Waals surface area contributed by atoms with E-state index in [1.807, 2.05) is 0 Å². The summed E-state index contributed by atoms with van der Waals surface area (Å²) < 4.78 is 0. The van der Waals surface area contributed by atoms with Crippen molar-refractivity contribution in [2.75, 3.05) is 6.54 Å². The summed E-state index contributed by atoms with van der Waals surface area (Å²) in [5.74, 6) is -0.321. The minimum Gasteiger partial charge on any atom is -0.389 e. The first-order valence-corrected chi connectivity index (χ1v) is 5.24. The number of Topliss-reactive ketones (excluding diaryl/α,β-unsaturated/α-hetero) is 1. The van der Waals surface area contributed by atoms with Gasteiger partial charge in [0, 0.05) is 18.2 Å². The van der Waals surface area contributed by atoms with Gasteiger partial charge in [-0.1, -0.05) is 6.07 Å². The quantitative estimate of drug-likeness (QED) is 0.390. The number of rotatable bonds is 5. The summed E-state index contributed by atoms with van der Waals surface area (Å²) >= 11 is 0. The number of ketones is 1. The van der Waals surface area contributed by atoms with Gasteiger partial charge in [0.1, 0.15) is 6.10 Å². The van der Waals surface area contributed by atoms with E-state index in [-0.39, 0.29) is 23.5 Å². The Bertz CT molecular complexity index is 475. The Morgan fingerprint density at radius 3 is 2.56 bits per heavy atom. The number of nitro benzene ring substituents is 1. The maximum absolute atomic E-state index is 11.1. The van der Waals surface area contributed by atoms with Gasteiger partial charge in [-0.05, 0) is 13.0 Å². The van der Waals surface area contributed by atoms with Crippen LogP contribution in [-0.4, -0.2) is 33.6 Å². The Morgan fingerprint density at radius 1 is 1.50 bits per heavy atom. The number of carbonyl (C=O) groups is 1. The lowest BCUT2D eigenvalue weighted by Gasteiger charge is -2.16. The molecule has 0 bridgehead atoms. The predicted molar refractivity (Wildman–Crippen MR) is 63.1 cm³/mol. The molecule has 0 fully saturated rings. The van der Waals surface area contributed by atoms with Crippen LogP contribution in [0.3, 0.4) is 0 Å². The number of hydrogen-bond donors (Lipinski definition) is 3. The zero-order chi connectivity index (χ0) is 13.9. The fraction of sp³-hybridized carbons (Fsp3) is 0.364. The van der Waals surface area contributed by atoms with Crippen molar-refractivity contribution < 1.29 is 19.9 Å². The lowest BCUT2D eigenvalue weighted by molar-refractivity contribution is -0.386. The van der Waals surface area contributed by atoms with E-state index in [4.69, 9.17) is 5.73 Å². The molecule has 2 unspecified atom stereocenters. The molecule has 1 aromatic rings. The highest BCUT2D eigenvalue weighted by atomic mass is 16.6. The van der Waals surface area contributed by atoms with E-state index >= 15 is 0 Å². The molecule has 0 heterocycles. The van der Waals surface area contributed by atoms with Crippen LogP contribution in [0.2, 0.25) is 0 Å². The van der Waals surface area contributed by atoms with E-state index in [0.29, 0.717) is 0 Å². The molecule has 4 N–H and O–H groups in total. The monoisotopic (exact) mass is 254 g/mol. The second-order valence-corrected chi connectivity index (χ2v) is 3.83. The minimum atomic E-state index is -1.46. The Balaban J connectivity index is 3.27. The second-order valence-electron chi connectivity index (χ2n) is 3.83. The zero-order valence-electron chi connectivity index (χ0n) is 9.74. The molecule has 0 aliphatic rings. The molecule has 0 radical (unpaired) electrons. The van der Waals surface area contributed by atoms with Gasteiger partial charge in [-0.25, -0.2) is 0 Å². The van der Waals surface area contributed by atoms with Gasteiger partial charge in [-0.15, -0.1) is 0 Å². The van der Waals surface area contributed by atoms with Crippen LogP contribution in [0, 0.1) is 10.1 Å². The SMILES string of the molecule is CC(=O)c1ccc(C(O)C(O)CN)c([N+](=O)[O-])c1. The van der Waals surface area contributed by atoms with Crippen molar-refractivity contribution in [1.82, 2.24) is 0 Å². The standard InChI is InChI=1S/C11H14N2O5/c1-6(14)7-2-3-8(9(4-7)13(17)18)11(16)10(15)5-12/h2-4,10-11,15-16H,5,12H2,1H3. The lowest BCUT2D eigenvalue weighted by Crippen LogP contribution is -2.27. The fourth-order valence-electron chi connectivity index (χ4n) is 1.51. The van der Waals surface area contributed by atoms with E-state index < -0.39 is 22.8 Å². The number of nitro groups is 1. The number of hydrogen-bond acceptors (Lipinski definition) is 6. The average Bonchev–Trinajstić information content (AvgIpc) is 2.35. The maximum atomic E-state index is 11.1. The first-order chi connectivity index (χ1) is 8.38. The lowest BCUT2D eigenvalue weighted by atomic mass is 9.99. The molecule has 7 heteroatoms. The summed E-state index contributed by atoms with van der Waals surface area (Å²) in [6.45, 7) is 1.05. The maximum Gasteiger partial charge on any atom is 0.276 e. The fourth-order valence-corrected chi connectivity index (χ4v) is 1.51. The molecule has 0 aliphatic heterocycles. The van der Waals surface area contributed by atoms with Gasteiger partial charge in [0.25, 0.3) is 5.69 Å². The topological polar surface area (TPSA) is 127 Å². The molecular formula is C11H14N2O5. The first kappa shape index (κ1) is 14.2. The molecule has 1 rings (SSSR count). The largest absolute Gasteiger partial charge is 0.389 e. The van der Waals surface area contributed by atoms with Gasteiger partial charge in [0.2, 0.25) is 0 Å². The molecule has 1 aromatic carbocycles. The normalized spacial score (nSPS) is 14.0. The van der Waals surface area contributed by atoms with Gasteiger partial charge in [0.05, 0.1) is 16.6 Å². The van der Waals surface area contributed by atoms with Crippen molar-refractivity contribution in [1.29, 1.82) is 0 Å². The number of carbonyl (C=O) groups excluding carboxylic acids is 1.